The summed E-state index contributed by atoms with van der Waals surface area (Å²) in [5, 5.41) is 12.2. The zero-order valence-electron chi connectivity index (χ0n) is 9.25. The lowest BCUT2D eigenvalue weighted by molar-refractivity contribution is -0.122. The van der Waals surface area contributed by atoms with Crippen LogP contribution in [0.4, 0.5) is 0 Å². The SMILES string of the molecule is CCC(C)C(O)CNC(=O)CCOC. The molecule has 2 N–H and O–H groups in total. The van der Waals surface area contributed by atoms with Crippen LogP contribution < -0.4 is 5.32 Å². The Morgan fingerprint density at radius 1 is 1.57 bits per heavy atom. The van der Waals surface area contributed by atoms with E-state index in [-0.39, 0.29) is 11.8 Å². The van der Waals surface area contributed by atoms with Gasteiger partial charge in [0, 0.05) is 20.1 Å². The highest BCUT2D eigenvalue weighted by Gasteiger charge is 2.12. The molecule has 84 valence electrons. The van der Waals surface area contributed by atoms with Crippen LogP contribution in [0.15, 0.2) is 0 Å². The molecule has 0 rings (SSSR count). The maximum absolute atomic E-state index is 11.1. The van der Waals surface area contributed by atoms with E-state index in [1.807, 2.05) is 13.8 Å². The van der Waals surface area contributed by atoms with Crippen LogP contribution in [0.2, 0.25) is 0 Å². The summed E-state index contributed by atoms with van der Waals surface area (Å²) >= 11 is 0. The first kappa shape index (κ1) is 13.4. The highest BCUT2D eigenvalue weighted by molar-refractivity contribution is 5.75. The van der Waals surface area contributed by atoms with Gasteiger partial charge in [0.1, 0.15) is 0 Å². The molecular formula is C10H21NO3. The summed E-state index contributed by atoms with van der Waals surface area (Å²) in [6.07, 6.45) is 0.810. The summed E-state index contributed by atoms with van der Waals surface area (Å²) in [5.74, 6) is 0.145. The fourth-order valence-electron chi connectivity index (χ4n) is 0.975. The number of methoxy groups -OCH3 is 1. The van der Waals surface area contributed by atoms with Gasteiger partial charge in [-0.25, -0.2) is 0 Å². The summed E-state index contributed by atoms with van der Waals surface area (Å²) in [4.78, 5) is 11.1. The second kappa shape index (κ2) is 7.76. The van der Waals surface area contributed by atoms with Gasteiger partial charge in [-0.1, -0.05) is 20.3 Å². The Balaban J connectivity index is 3.55. The lowest BCUT2D eigenvalue weighted by Gasteiger charge is -2.17. The molecule has 0 aliphatic carbocycles. The summed E-state index contributed by atoms with van der Waals surface area (Å²) in [7, 11) is 1.56. The number of ether oxygens (including phenoxy) is 1. The van der Waals surface area contributed by atoms with Crippen molar-refractivity contribution in [3.8, 4) is 0 Å². The number of aliphatic hydroxyl groups is 1. The summed E-state index contributed by atoms with van der Waals surface area (Å²) < 4.78 is 4.76. The van der Waals surface area contributed by atoms with E-state index in [9.17, 15) is 9.90 Å². The van der Waals surface area contributed by atoms with Gasteiger partial charge in [0.05, 0.1) is 12.7 Å². The van der Waals surface area contributed by atoms with Gasteiger partial charge < -0.3 is 15.2 Å². The second-order valence-electron chi connectivity index (χ2n) is 3.50. The van der Waals surface area contributed by atoms with Crippen molar-refractivity contribution in [1.82, 2.24) is 5.32 Å². The fourth-order valence-corrected chi connectivity index (χ4v) is 0.975. The Bertz CT molecular complexity index is 161. The number of aliphatic hydroxyl groups excluding tert-OH is 1. The van der Waals surface area contributed by atoms with Crippen LogP contribution >= 0.6 is 0 Å². The third-order valence-electron chi connectivity index (χ3n) is 2.34. The quantitative estimate of drug-likeness (QED) is 0.635. The first-order valence-corrected chi connectivity index (χ1v) is 5.05. The van der Waals surface area contributed by atoms with Crippen LogP contribution in [0, 0.1) is 5.92 Å². The minimum Gasteiger partial charge on any atom is -0.391 e. The van der Waals surface area contributed by atoms with Gasteiger partial charge in [0.25, 0.3) is 0 Å². The summed E-state index contributed by atoms with van der Waals surface area (Å²) in [6.45, 7) is 4.73. The Kier molecular flexibility index (Phi) is 7.42. The molecule has 0 aromatic rings. The van der Waals surface area contributed by atoms with Gasteiger partial charge >= 0.3 is 0 Å². The number of amides is 1. The van der Waals surface area contributed by atoms with Crippen molar-refractivity contribution in [2.75, 3.05) is 20.3 Å². The Morgan fingerprint density at radius 3 is 2.71 bits per heavy atom. The normalized spacial score (nSPS) is 14.9. The number of nitrogens with one attached hydrogen (secondary N) is 1. The van der Waals surface area contributed by atoms with Gasteiger partial charge in [0.2, 0.25) is 5.91 Å². The molecule has 0 radical (unpaired) electrons. The third-order valence-corrected chi connectivity index (χ3v) is 2.34. The third kappa shape index (κ3) is 5.94. The van der Waals surface area contributed by atoms with Crippen molar-refractivity contribution in [3.63, 3.8) is 0 Å². The molecule has 0 aliphatic heterocycles. The highest BCUT2D eigenvalue weighted by atomic mass is 16.5. The zero-order chi connectivity index (χ0) is 11.0. The van der Waals surface area contributed by atoms with Crippen molar-refractivity contribution in [2.24, 2.45) is 5.92 Å². The smallest absolute Gasteiger partial charge is 0.222 e. The van der Waals surface area contributed by atoms with Crippen molar-refractivity contribution in [1.29, 1.82) is 0 Å². The molecule has 0 aromatic heterocycles. The predicted molar refractivity (Wildman–Crippen MR) is 55.0 cm³/mol. The van der Waals surface area contributed by atoms with E-state index in [0.717, 1.165) is 6.42 Å². The molecule has 0 aliphatic rings. The second-order valence-corrected chi connectivity index (χ2v) is 3.50. The monoisotopic (exact) mass is 203 g/mol. The van der Waals surface area contributed by atoms with Crippen LogP contribution in [-0.2, 0) is 9.53 Å². The Hall–Kier alpha value is -0.610. The number of hydrogen-bond donors (Lipinski definition) is 2. The average molecular weight is 203 g/mol. The topological polar surface area (TPSA) is 58.6 Å². The highest BCUT2D eigenvalue weighted by Crippen LogP contribution is 2.05. The maximum atomic E-state index is 11.1. The average Bonchev–Trinajstić information content (AvgIpc) is 2.21. The standard InChI is InChI=1S/C10H21NO3/c1-4-8(2)9(12)7-11-10(13)5-6-14-3/h8-9,12H,4-7H2,1-3H3,(H,11,13). The van der Waals surface area contributed by atoms with Gasteiger partial charge in [0.15, 0.2) is 0 Å². The molecule has 0 bridgehead atoms. The molecule has 4 nitrogen and oxygen atoms in total. The maximum Gasteiger partial charge on any atom is 0.222 e. The molecule has 0 heterocycles. The van der Waals surface area contributed by atoms with E-state index in [4.69, 9.17) is 4.74 Å². The molecule has 0 fully saturated rings. The summed E-state index contributed by atoms with van der Waals surface area (Å²) in [5.41, 5.74) is 0. The first-order valence-electron chi connectivity index (χ1n) is 5.05. The van der Waals surface area contributed by atoms with Crippen molar-refractivity contribution < 1.29 is 14.6 Å². The molecule has 0 saturated heterocycles. The van der Waals surface area contributed by atoms with E-state index >= 15 is 0 Å². The molecule has 0 saturated carbocycles. The van der Waals surface area contributed by atoms with Crippen molar-refractivity contribution >= 4 is 5.91 Å². The van der Waals surface area contributed by atoms with E-state index in [1.165, 1.54) is 0 Å². The predicted octanol–water partition coefficient (Wildman–Crippen LogP) is 0.546. The van der Waals surface area contributed by atoms with Gasteiger partial charge in [-0.15, -0.1) is 0 Å². The van der Waals surface area contributed by atoms with Gasteiger partial charge in [-0.05, 0) is 5.92 Å². The van der Waals surface area contributed by atoms with E-state index in [1.54, 1.807) is 7.11 Å². The van der Waals surface area contributed by atoms with Gasteiger partial charge in [-0.3, -0.25) is 4.79 Å². The lowest BCUT2D eigenvalue weighted by atomic mass is 10.0. The van der Waals surface area contributed by atoms with Crippen molar-refractivity contribution in [2.45, 2.75) is 32.8 Å². The molecule has 14 heavy (non-hydrogen) atoms. The fraction of sp³-hybridized carbons (Fsp3) is 0.900. The number of carbonyl (C=O) groups excluding carboxylic acids is 1. The van der Waals surface area contributed by atoms with Gasteiger partial charge in [-0.2, -0.15) is 0 Å². The van der Waals surface area contributed by atoms with Crippen LogP contribution in [0.3, 0.4) is 0 Å². The minimum absolute atomic E-state index is 0.0748. The number of rotatable bonds is 7. The van der Waals surface area contributed by atoms with Crippen LogP contribution in [-0.4, -0.2) is 37.4 Å². The minimum atomic E-state index is -0.452. The first-order chi connectivity index (χ1) is 6.61. The van der Waals surface area contributed by atoms with E-state index < -0.39 is 6.10 Å². The van der Waals surface area contributed by atoms with Crippen LogP contribution in [0.5, 0.6) is 0 Å². The van der Waals surface area contributed by atoms with Crippen LogP contribution in [0.25, 0.3) is 0 Å². The Labute approximate surface area is 85.6 Å². The number of carbonyl (C=O) groups is 1. The number of hydrogen-bond acceptors (Lipinski definition) is 3. The molecular weight excluding hydrogens is 182 g/mol. The van der Waals surface area contributed by atoms with E-state index in [0.29, 0.717) is 19.6 Å². The molecule has 4 heteroatoms. The molecule has 0 spiro atoms. The largest absolute Gasteiger partial charge is 0.391 e. The van der Waals surface area contributed by atoms with Crippen molar-refractivity contribution in [3.05, 3.63) is 0 Å². The van der Waals surface area contributed by atoms with Crippen LogP contribution in [0.1, 0.15) is 26.7 Å². The van der Waals surface area contributed by atoms with E-state index in [2.05, 4.69) is 5.32 Å². The molecule has 1 amide bonds. The Morgan fingerprint density at radius 2 is 2.21 bits per heavy atom. The summed E-state index contributed by atoms with van der Waals surface area (Å²) in [6, 6.07) is 0. The molecule has 2 unspecified atom stereocenters. The lowest BCUT2D eigenvalue weighted by Crippen LogP contribution is -2.35. The zero-order valence-corrected chi connectivity index (χ0v) is 9.25. The molecule has 0 aromatic carbocycles. The molecule has 2 atom stereocenters.